The Kier molecular flexibility index (Phi) is 7.99. The van der Waals surface area contributed by atoms with Gasteiger partial charge in [0.1, 0.15) is 6.61 Å². The first-order chi connectivity index (χ1) is 9.22. The second-order valence-electron chi connectivity index (χ2n) is 4.50. The van der Waals surface area contributed by atoms with Crippen LogP contribution in [-0.4, -0.2) is 5.97 Å². The molecule has 0 bridgehead atoms. The van der Waals surface area contributed by atoms with Gasteiger partial charge < -0.3 is 4.74 Å². The van der Waals surface area contributed by atoms with Crippen LogP contribution in [0.2, 0.25) is 0 Å². The van der Waals surface area contributed by atoms with Crippen molar-refractivity contribution in [2.24, 2.45) is 0 Å². The minimum absolute atomic E-state index is 0.288. The van der Waals surface area contributed by atoms with E-state index in [1.165, 1.54) is 18.9 Å². The largest absolute Gasteiger partial charge is 0.458 e. The summed E-state index contributed by atoms with van der Waals surface area (Å²) in [6.45, 7) is 2.45. The molecule has 0 aromatic heterocycles. The van der Waals surface area contributed by atoms with Crippen LogP contribution in [0.15, 0.2) is 41.4 Å². The van der Waals surface area contributed by atoms with Crippen molar-refractivity contribution < 1.29 is 9.53 Å². The summed E-state index contributed by atoms with van der Waals surface area (Å²) < 4.78 is 5.13. The van der Waals surface area contributed by atoms with Gasteiger partial charge in [-0.2, -0.15) is 0 Å². The Morgan fingerprint density at radius 1 is 1.21 bits per heavy atom. The summed E-state index contributed by atoms with van der Waals surface area (Å²) in [5, 5.41) is 0.578. The van der Waals surface area contributed by atoms with Gasteiger partial charge in [-0.25, -0.2) is 4.79 Å². The zero-order chi connectivity index (χ0) is 13.9. The minimum atomic E-state index is -0.371. The van der Waals surface area contributed by atoms with E-state index in [-0.39, 0.29) is 12.6 Å². The van der Waals surface area contributed by atoms with Crippen molar-refractivity contribution in [3.8, 4) is 0 Å². The number of hydrogen-bond donors (Lipinski definition) is 0. The average Bonchev–Trinajstić information content (AvgIpc) is 2.42. The van der Waals surface area contributed by atoms with E-state index in [9.17, 15) is 4.79 Å². The highest BCUT2D eigenvalue weighted by atomic mass is 35.5. The molecule has 3 heteroatoms. The fraction of sp³-hybridized carbons (Fsp3) is 0.438. The maximum atomic E-state index is 11.5. The maximum absolute atomic E-state index is 11.5. The summed E-state index contributed by atoms with van der Waals surface area (Å²) in [6.07, 6.45) is 6.72. The van der Waals surface area contributed by atoms with Crippen LogP contribution < -0.4 is 0 Å². The van der Waals surface area contributed by atoms with Gasteiger partial charge in [-0.1, -0.05) is 68.1 Å². The third kappa shape index (κ3) is 7.68. The van der Waals surface area contributed by atoms with Crippen LogP contribution >= 0.6 is 11.6 Å². The maximum Gasteiger partial charge on any atom is 0.332 e. The van der Waals surface area contributed by atoms with Gasteiger partial charge in [0.2, 0.25) is 0 Å². The highest BCUT2D eigenvalue weighted by Gasteiger charge is 2.02. The summed E-state index contributed by atoms with van der Waals surface area (Å²) in [4.78, 5) is 11.5. The van der Waals surface area contributed by atoms with Gasteiger partial charge in [0.25, 0.3) is 0 Å². The van der Waals surface area contributed by atoms with E-state index in [4.69, 9.17) is 16.3 Å². The second-order valence-corrected chi connectivity index (χ2v) is 4.98. The summed E-state index contributed by atoms with van der Waals surface area (Å²) in [6, 6.07) is 9.60. The van der Waals surface area contributed by atoms with Gasteiger partial charge in [-0.3, -0.25) is 0 Å². The van der Waals surface area contributed by atoms with Crippen molar-refractivity contribution >= 4 is 17.6 Å². The number of halogens is 1. The van der Waals surface area contributed by atoms with Gasteiger partial charge in [-0.15, -0.1) is 0 Å². The van der Waals surface area contributed by atoms with Gasteiger partial charge in [-0.05, 0) is 18.4 Å². The molecular formula is C16H21ClO2. The summed E-state index contributed by atoms with van der Waals surface area (Å²) in [5.41, 5.74) is 0.975. The van der Waals surface area contributed by atoms with Crippen LogP contribution in [0.3, 0.4) is 0 Å². The predicted molar refractivity (Wildman–Crippen MR) is 78.9 cm³/mol. The molecule has 0 atom stereocenters. The van der Waals surface area contributed by atoms with Crippen LogP contribution in [0.1, 0.15) is 44.6 Å². The number of carbonyl (C=O) groups is 1. The van der Waals surface area contributed by atoms with Crippen LogP contribution in [0.25, 0.3) is 0 Å². The lowest BCUT2D eigenvalue weighted by Crippen LogP contribution is -2.01. The summed E-state index contributed by atoms with van der Waals surface area (Å²) >= 11 is 6.00. The van der Waals surface area contributed by atoms with Crippen molar-refractivity contribution in [1.29, 1.82) is 0 Å². The van der Waals surface area contributed by atoms with Crippen molar-refractivity contribution in [2.75, 3.05) is 0 Å². The fourth-order valence-electron chi connectivity index (χ4n) is 1.69. The number of allylic oxidation sites excluding steroid dienone is 1. The highest BCUT2D eigenvalue weighted by molar-refractivity contribution is 6.30. The molecule has 0 heterocycles. The number of unbranched alkanes of at least 4 members (excludes halogenated alkanes) is 3. The Bertz CT molecular complexity index is 398. The molecule has 0 radical (unpaired) electrons. The predicted octanol–water partition coefficient (Wildman–Crippen LogP) is 4.82. The lowest BCUT2D eigenvalue weighted by atomic mass is 10.1. The Morgan fingerprint density at radius 2 is 1.95 bits per heavy atom. The third-order valence-electron chi connectivity index (χ3n) is 2.77. The number of carbonyl (C=O) groups excluding carboxylic acids is 1. The Balaban J connectivity index is 2.25. The van der Waals surface area contributed by atoms with Gasteiger partial charge in [0.05, 0.1) is 0 Å². The van der Waals surface area contributed by atoms with E-state index in [1.807, 2.05) is 30.3 Å². The van der Waals surface area contributed by atoms with E-state index in [0.717, 1.165) is 24.8 Å². The topological polar surface area (TPSA) is 26.3 Å². The first-order valence-electron chi connectivity index (χ1n) is 6.79. The van der Waals surface area contributed by atoms with E-state index in [2.05, 4.69) is 6.92 Å². The molecule has 0 fully saturated rings. The van der Waals surface area contributed by atoms with E-state index in [0.29, 0.717) is 5.03 Å². The number of rotatable bonds is 8. The molecule has 0 saturated carbocycles. The zero-order valence-corrected chi connectivity index (χ0v) is 12.2. The Labute approximate surface area is 120 Å². The van der Waals surface area contributed by atoms with E-state index >= 15 is 0 Å². The molecule has 0 unspecified atom stereocenters. The quantitative estimate of drug-likeness (QED) is 0.387. The molecule has 1 aromatic rings. The monoisotopic (exact) mass is 280 g/mol. The Morgan fingerprint density at radius 3 is 2.63 bits per heavy atom. The van der Waals surface area contributed by atoms with Crippen LogP contribution in [0.5, 0.6) is 0 Å². The van der Waals surface area contributed by atoms with Crippen molar-refractivity contribution in [3.63, 3.8) is 0 Å². The van der Waals surface area contributed by atoms with Crippen molar-refractivity contribution in [3.05, 3.63) is 47.0 Å². The molecule has 0 aliphatic rings. The number of esters is 1. The normalized spacial score (nSPS) is 11.4. The molecule has 0 saturated heterocycles. The molecule has 0 spiro atoms. The summed E-state index contributed by atoms with van der Waals surface area (Å²) in [7, 11) is 0. The molecule has 0 N–H and O–H groups in total. The van der Waals surface area contributed by atoms with Crippen LogP contribution in [0, 0.1) is 0 Å². The number of hydrogen-bond acceptors (Lipinski definition) is 2. The van der Waals surface area contributed by atoms with Crippen LogP contribution in [-0.2, 0) is 16.1 Å². The van der Waals surface area contributed by atoms with Gasteiger partial charge >= 0.3 is 5.97 Å². The van der Waals surface area contributed by atoms with Crippen molar-refractivity contribution in [1.82, 2.24) is 0 Å². The van der Waals surface area contributed by atoms with E-state index in [1.54, 1.807) is 0 Å². The number of ether oxygens (including phenoxy) is 1. The second kappa shape index (κ2) is 9.62. The smallest absolute Gasteiger partial charge is 0.332 e. The molecule has 2 nitrogen and oxygen atoms in total. The fourth-order valence-corrected chi connectivity index (χ4v) is 1.91. The van der Waals surface area contributed by atoms with Crippen molar-refractivity contribution in [2.45, 2.75) is 45.6 Å². The van der Waals surface area contributed by atoms with E-state index < -0.39 is 0 Å². The molecule has 1 aromatic carbocycles. The number of benzene rings is 1. The van der Waals surface area contributed by atoms with Crippen LogP contribution in [0.4, 0.5) is 0 Å². The molecule has 19 heavy (non-hydrogen) atoms. The lowest BCUT2D eigenvalue weighted by Gasteiger charge is -2.03. The summed E-state index contributed by atoms with van der Waals surface area (Å²) in [5.74, 6) is -0.371. The molecule has 0 amide bonds. The first kappa shape index (κ1) is 15.8. The Hall–Kier alpha value is -1.28. The lowest BCUT2D eigenvalue weighted by molar-refractivity contribution is -0.139. The zero-order valence-electron chi connectivity index (χ0n) is 11.4. The molecule has 0 aliphatic carbocycles. The SMILES string of the molecule is CCCCCCC(Cl)=CC(=O)OCc1ccccc1. The van der Waals surface area contributed by atoms with Gasteiger partial charge in [0, 0.05) is 11.1 Å². The minimum Gasteiger partial charge on any atom is -0.458 e. The third-order valence-corrected chi connectivity index (χ3v) is 3.07. The molecule has 1 rings (SSSR count). The van der Waals surface area contributed by atoms with Gasteiger partial charge in [0.15, 0.2) is 0 Å². The highest BCUT2D eigenvalue weighted by Crippen LogP contribution is 2.14. The molecule has 104 valence electrons. The standard InChI is InChI=1S/C16H21ClO2/c1-2-3-4-8-11-15(17)12-16(18)19-13-14-9-6-5-7-10-14/h5-7,9-10,12H,2-4,8,11,13H2,1H3. The average molecular weight is 281 g/mol. The first-order valence-corrected chi connectivity index (χ1v) is 7.17. The molecule has 0 aliphatic heterocycles. The molecular weight excluding hydrogens is 260 g/mol.